The Bertz CT molecular complexity index is 2000. The van der Waals surface area contributed by atoms with Gasteiger partial charge in [0.15, 0.2) is 0 Å². The number of halogens is 5. The summed E-state index contributed by atoms with van der Waals surface area (Å²) in [7, 11) is 11.0. The van der Waals surface area contributed by atoms with Gasteiger partial charge >= 0.3 is 44.1 Å². The summed E-state index contributed by atoms with van der Waals surface area (Å²) in [5.41, 5.74) is 8.95. The van der Waals surface area contributed by atoms with Gasteiger partial charge < -0.3 is 0 Å². The fourth-order valence-corrected chi connectivity index (χ4v) is 6.09. The van der Waals surface area contributed by atoms with Crippen LogP contribution in [-0.4, -0.2) is 9.52 Å². The van der Waals surface area contributed by atoms with Crippen LogP contribution in [-0.2, 0) is 37.9 Å². The van der Waals surface area contributed by atoms with E-state index in [4.69, 9.17) is 17.0 Å². The van der Waals surface area contributed by atoms with E-state index in [1.807, 2.05) is 25.1 Å². The SMILES string of the molecule is CC(C)c1cc2c(-c3ccc(C(C)(C)C)cc3)cccc2[cH-]1.C[Si]C.Cc1cc2c(-c3ccc(C(C)(C)C)cc3)ccc(C(F)(F)F)c2[cH-]1.[Cl][Zr+2][Cl]. The Balaban J connectivity index is 0.000000244. The molecule has 2 radical (unpaired) electrons. The van der Waals surface area contributed by atoms with Gasteiger partial charge in [-0.3, -0.25) is 0 Å². The van der Waals surface area contributed by atoms with Crippen molar-refractivity contribution >= 4 is 48.1 Å². The number of fused-ring (bicyclic) bond motifs is 2. The average molecular weight is 839 g/mol. The Morgan fingerprint density at radius 1 is 0.654 bits per heavy atom. The number of hydrogen-bond donors (Lipinski definition) is 0. The zero-order valence-electron chi connectivity index (χ0n) is 32.3. The van der Waals surface area contributed by atoms with Crippen molar-refractivity contribution in [3.8, 4) is 22.3 Å². The molecule has 6 aromatic rings. The van der Waals surface area contributed by atoms with E-state index in [2.05, 4.69) is 135 Å². The van der Waals surface area contributed by atoms with Crippen LogP contribution in [0.25, 0.3) is 43.8 Å². The van der Waals surface area contributed by atoms with Crippen molar-refractivity contribution < 1.29 is 34.0 Å². The molecule has 52 heavy (non-hydrogen) atoms. The molecule has 0 aliphatic heterocycles. The molecule has 6 aromatic carbocycles. The van der Waals surface area contributed by atoms with Gasteiger partial charge in [-0.25, -0.2) is 0 Å². The summed E-state index contributed by atoms with van der Waals surface area (Å²) in [6.07, 6.45) is -4.34. The molecule has 0 saturated heterocycles. The topological polar surface area (TPSA) is 0 Å². The van der Waals surface area contributed by atoms with Crippen molar-refractivity contribution in [1.82, 2.24) is 0 Å². The van der Waals surface area contributed by atoms with E-state index in [-0.39, 0.29) is 16.2 Å². The van der Waals surface area contributed by atoms with Gasteiger partial charge in [0.05, 0.1) is 0 Å². The van der Waals surface area contributed by atoms with E-state index in [0.717, 1.165) is 26.2 Å². The normalized spacial score (nSPS) is 11.6. The van der Waals surface area contributed by atoms with Crippen molar-refractivity contribution in [1.29, 1.82) is 0 Å². The summed E-state index contributed by atoms with van der Waals surface area (Å²) in [5.74, 6) is 0.573. The third kappa shape index (κ3) is 11.5. The summed E-state index contributed by atoms with van der Waals surface area (Å²) in [6.45, 7) is 23.8. The molecule has 0 fully saturated rings. The number of alkyl halides is 3. The van der Waals surface area contributed by atoms with E-state index in [9.17, 15) is 13.2 Å². The van der Waals surface area contributed by atoms with Gasteiger partial charge in [0, 0.05) is 9.52 Å². The molecule has 0 aliphatic carbocycles. The Hall–Kier alpha value is -2.43. The summed E-state index contributed by atoms with van der Waals surface area (Å²) >= 11 is -0.826. The summed E-state index contributed by atoms with van der Waals surface area (Å²) in [5, 5.41) is 3.65. The zero-order chi connectivity index (χ0) is 39.0. The standard InChI is InChI=1S/C22H25.C21H20F3.C2H6Si.2ClH.Zr/c1-15(2)18-13-17-7-6-8-20(21(17)14-18)16-9-11-19(12-10-16)22(3,4)5;1-13-11-17-16(9-10-19(18(17)12-13)21(22,23)24)14-5-7-15(8-6-14)20(2,3)4;1-3-2;;;/h6-15H,1-5H3;5-12H,1-4H3;1-2H3;2*1H;/q2*-1;;;;+4/p-2. The van der Waals surface area contributed by atoms with Crippen LogP contribution in [0, 0.1) is 6.92 Å². The van der Waals surface area contributed by atoms with Crippen LogP contribution < -0.4 is 0 Å². The maximum absolute atomic E-state index is 13.2. The van der Waals surface area contributed by atoms with Crippen molar-refractivity contribution in [3.05, 3.63) is 131 Å². The first-order valence-electron chi connectivity index (χ1n) is 17.5. The third-order valence-electron chi connectivity index (χ3n) is 8.90. The zero-order valence-corrected chi connectivity index (χ0v) is 37.3. The fraction of sp³-hybridized carbons (Fsp3) is 0.333. The van der Waals surface area contributed by atoms with Crippen molar-refractivity contribution in [2.75, 3.05) is 0 Å². The van der Waals surface area contributed by atoms with Crippen LogP contribution >= 0.6 is 17.0 Å². The summed E-state index contributed by atoms with van der Waals surface area (Å²) in [4.78, 5) is 0. The number of rotatable bonds is 3. The molecular formula is C45H51Cl2F3SiZr. The average Bonchev–Trinajstić information content (AvgIpc) is 3.68. The minimum absolute atomic E-state index is 0.0465. The van der Waals surface area contributed by atoms with Gasteiger partial charge in [0.2, 0.25) is 0 Å². The van der Waals surface area contributed by atoms with E-state index in [1.54, 1.807) is 12.1 Å². The summed E-state index contributed by atoms with van der Waals surface area (Å²) in [6, 6.07) is 34.6. The molecule has 0 aromatic heterocycles. The Morgan fingerprint density at radius 3 is 1.54 bits per heavy atom. The number of hydrogen-bond acceptors (Lipinski definition) is 0. The Labute approximate surface area is 331 Å². The molecule has 0 unspecified atom stereocenters. The monoisotopic (exact) mass is 836 g/mol. The van der Waals surface area contributed by atoms with E-state index in [0.29, 0.717) is 11.3 Å². The Morgan fingerprint density at radius 2 is 1.12 bits per heavy atom. The third-order valence-corrected chi connectivity index (χ3v) is 8.90. The number of benzene rings is 4. The first-order chi connectivity index (χ1) is 24.3. The first kappa shape index (κ1) is 44.0. The van der Waals surface area contributed by atoms with Crippen LogP contribution in [0.5, 0.6) is 0 Å². The second-order valence-electron chi connectivity index (χ2n) is 15.5. The van der Waals surface area contributed by atoms with Crippen LogP contribution in [0.15, 0.2) is 103 Å². The molecule has 0 spiro atoms. The predicted molar refractivity (Wildman–Crippen MR) is 220 cm³/mol. The van der Waals surface area contributed by atoms with Gasteiger partial charge in [-0.05, 0) is 44.6 Å². The maximum atomic E-state index is 13.2. The predicted octanol–water partition coefficient (Wildman–Crippen LogP) is 15.7. The molecule has 0 amide bonds. The molecule has 0 atom stereocenters. The molecule has 7 heteroatoms. The van der Waals surface area contributed by atoms with Gasteiger partial charge in [-0.2, -0.15) is 25.3 Å². The first-order valence-corrected chi connectivity index (χ1v) is 25.8. The molecule has 0 nitrogen and oxygen atoms in total. The van der Waals surface area contributed by atoms with E-state index < -0.39 is 32.6 Å². The van der Waals surface area contributed by atoms with Gasteiger partial charge in [0.1, 0.15) is 0 Å². The van der Waals surface area contributed by atoms with Gasteiger partial charge in [0.25, 0.3) is 0 Å². The van der Waals surface area contributed by atoms with Crippen LogP contribution in [0.4, 0.5) is 13.2 Å². The molecule has 0 N–H and O–H groups in total. The molecule has 0 aliphatic rings. The van der Waals surface area contributed by atoms with Gasteiger partial charge in [-0.1, -0.05) is 153 Å². The van der Waals surface area contributed by atoms with Crippen molar-refractivity contribution in [3.63, 3.8) is 0 Å². The fourth-order valence-electron chi connectivity index (χ4n) is 6.09. The van der Waals surface area contributed by atoms with Crippen LogP contribution in [0.1, 0.15) is 89.1 Å². The second-order valence-corrected chi connectivity index (χ2v) is 20.2. The van der Waals surface area contributed by atoms with Crippen molar-refractivity contribution in [2.45, 2.75) is 98.3 Å². The second kappa shape index (κ2) is 18.7. The molecule has 0 bridgehead atoms. The Kier molecular flexibility index (Phi) is 15.9. The van der Waals surface area contributed by atoms with Crippen molar-refractivity contribution in [2.24, 2.45) is 0 Å². The summed E-state index contributed by atoms with van der Waals surface area (Å²) < 4.78 is 39.7. The van der Waals surface area contributed by atoms with Crippen LogP contribution in [0.3, 0.4) is 0 Å². The molecule has 0 heterocycles. The molecule has 6 rings (SSSR count). The molecular weight excluding hydrogens is 788 g/mol. The number of aryl methyl sites for hydroxylation is 1. The van der Waals surface area contributed by atoms with Crippen LogP contribution in [0.2, 0.25) is 13.1 Å². The molecule has 0 saturated carbocycles. The molecule has 274 valence electrons. The minimum atomic E-state index is -4.34. The van der Waals surface area contributed by atoms with E-state index >= 15 is 0 Å². The van der Waals surface area contributed by atoms with Gasteiger partial charge in [-0.15, -0.1) is 56.9 Å². The quantitative estimate of drug-likeness (QED) is 0.123. The van der Waals surface area contributed by atoms with E-state index in [1.165, 1.54) is 44.7 Å².